The first-order chi connectivity index (χ1) is 16.3. The average molecular weight is 504 g/mol. The van der Waals surface area contributed by atoms with Crippen LogP contribution < -0.4 is 10.6 Å². The fourth-order valence-corrected chi connectivity index (χ4v) is 5.46. The van der Waals surface area contributed by atoms with E-state index in [1.807, 2.05) is 6.07 Å². The third kappa shape index (κ3) is 5.02. The summed E-state index contributed by atoms with van der Waals surface area (Å²) >= 11 is 6.23. The molecule has 4 rings (SSSR count). The summed E-state index contributed by atoms with van der Waals surface area (Å²) in [6.07, 6.45) is 1.75. The van der Waals surface area contributed by atoms with Crippen molar-refractivity contribution >= 4 is 49.7 Å². The number of hydrogen-bond acceptors (Lipinski definition) is 8. The lowest BCUT2D eigenvalue weighted by atomic mass is 10.0. The number of benzene rings is 2. The summed E-state index contributed by atoms with van der Waals surface area (Å²) in [7, 11) is -2.51. The number of methoxy groups -OCH3 is 1. The van der Waals surface area contributed by atoms with E-state index in [4.69, 9.17) is 21.1 Å². The Balaban J connectivity index is 1.84. The maximum Gasteiger partial charge on any atom is 0.339 e. The van der Waals surface area contributed by atoms with Crippen LogP contribution >= 0.6 is 11.6 Å². The molecule has 1 atom stereocenters. The molecule has 2 N–H and O–H groups in total. The van der Waals surface area contributed by atoms with Crippen molar-refractivity contribution in [1.82, 2.24) is 10.3 Å². The molecule has 10 heteroatoms. The maximum absolute atomic E-state index is 13.3. The molecule has 1 aliphatic rings. The standard InChI is InChI=1S/C24H26ClN3O5S/c1-3-4-15-5-7-20(18(11-15)24(29)32-2)27-21-13-22(28-19-8-6-16(25)12-17(19)21)34(30,31)23-14-33-10-9-26-23/h5-8,11-13,23,26H,3-4,9-10,14H2,1-2H3,(H,27,28). The number of nitrogens with zero attached hydrogens (tertiary/aromatic N) is 1. The third-order valence-corrected chi connectivity index (χ3v) is 7.68. The molecule has 1 aliphatic heterocycles. The van der Waals surface area contributed by atoms with Crippen LogP contribution in [0.1, 0.15) is 29.3 Å². The Morgan fingerprint density at radius 3 is 2.76 bits per heavy atom. The van der Waals surface area contributed by atoms with Gasteiger partial charge in [-0.2, -0.15) is 0 Å². The summed E-state index contributed by atoms with van der Waals surface area (Å²) in [6.45, 7) is 2.99. The van der Waals surface area contributed by atoms with Gasteiger partial charge in [-0.1, -0.05) is 31.0 Å². The largest absolute Gasteiger partial charge is 0.465 e. The summed E-state index contributed by atoms with van der Waals surface area (Å²) in [6, 6.07) is 12.0. The number of rotatable bonds is 7. The Bertz CT molecular complexity index is 1320. The van der Waals surface area contributed by atoms with Crippen LogP contribution in [0.25, 0.3) is 10.9 Å². The molecule has 1 fully saturated rings. The van der Waals surface area contributed by atoms with Gasteiger partial charge in [0.1, 0.15) is 5.37 Å². The van der Waals surface area contributed by atoms with Crippen molar-refractivity contribution in [3.63, 3.8) is 0 Å². The quantitative estimate of drug-likeness (QED) is 0.464. The molecular weight excluding hydrogens is 478 g/mol. The number of hydrogen-bond donors (Lipinski definition) is 2. The van der Waals surface area contributed by atoms with E-state index in [2.05, 4.69) is 22.5 Å². The van der Waals surface area contributed by atoms with Crippen molar-refractivity contribution in [1.29, 1.82) is 0 Å². The molecule has 180 valence electrons. The van der Waals surface area contributed by atoms with Gasteiger partial charge in [0.05, 0.1) is 42.8 Å². The molecule has 0 radical (unpaired) electrons. The lowest BCUT2D eigenvalue weighted by molar-refractivity contribution is 0.0601. The normalized spacial score (nSPS) is 16.4. The second-order valence-corrected chi connectivity index (χ2v) is 10.5. The molecular formula is C24H26ClN3O5S. The number of anilines is 2. The molecule has 2 heterocycles. The number of halogens is 1. The first kappa shape index (κ1) is 24.4. The van der Waals surface area contributed by atoms with E-state index in [0.29, 0.717) is 46.0 Å². The monoisotopic (exact) mass is 503 g/mol. The fraction of sp³-hybridized carbons (Fsp3) is 0.333. The molecule has 0 aliphatic carbocycles. The molecule has 0 amide bonds. The molecule has 2 aromatic carbocycles. The second kappa shape index (κ2) is 10.3. The zero-order valence-corrected chi connectivity index (χ0v) is 20.5. The van der Waals surface area contributed by atoms with Crippen molar-refractivity contribution in [2.24, 2.45) is 0 Å². The van der Waals surface area contributed by atoms with Crippen LogP contribution in [-0.2, 0) is 25.7 Å². The van der Waals surface area contributed by atoms with E-state index < -0.39 is 21.2 Å². The summed E-state index contributed by atoms with van der Waals surface area (Å²) in [5.41, 5.74) is 2.75. The molecule has 34 heavy (non-hydrogen) atoms. The van der Waals surface area contributed by atoms with Gasteiger partial charge in [0.2, 0.25) is 9.84 Å². The van der Waals surface area contributed by atoms with Crippen molar-refractivity contribution < 1.29 is 22.7 Å². The lowest BCUT2D eigenvalue weighted by Gasteiger charge is -2.24. The molecule has 3 aromatic rings. The summed E-state index contributed by atoms with van der Waals surface area (Å²) < 4.78 is 36.9. The number of nitrogens with one attached hydrogen (secondary N) is 2. The predicted molar refractivity (Wildman–Crippen MR) is 132 cm³/mol. The number of ether oxygens (including phenoxy) is 2. The van der Waals surface area contributed by atoms with Gasteiger partial charge in [-0.25, -0.2) is 18.2 Å². The minimum absolute atomic E-state index is 0.0385. The molecule has 0 saturated carbocycles. The Morgan fingerprint density at radius 1 is 1.24 bits per heavy atom. The Hall–Kier alpha value is -2.72. The Morgan fingerprint density at radius 2 is 2.06 bits per heavy atom. The third-order valence-electron chi connectivity index (χ3n) is 5.60. The highest BCUT2D eigenvalue weighted by Gasteiger charge is 2.31. The summed E-state index contributed by atoms with van der Waals surface area (Å²) in [4.78, 5) is 16.9. The minimum atomic E-state index is -3.84. The molecule has 0 spiro atoms. The number of esters is 1. The van der Waals surface area contributed by atoms with Crippen LogP contribution in [0.3, 0.4) is 0 Å². The first-order valence-corrected chi connectivity index (χ1v) is 12.9. The zero-order chi connectivity index (χ0) is 24.3. The first-order valence-electron chi connectivity index (χ1n) is 11.0. The molecule has 1 saturated heterocycles. The number of sulfone groups is 1. The number of fused-ring (bicyclic) bond motifs is 1. The van der Waals surface area contributed by atoms with E-state index >= 15 is 0 Å². The van der Waals surface area contributed by atoms with Crippen molar-refractivity contribution in [3.8, 4) is 0 Å². The van der Waals surface area contributed by atoms with Gasteiger partial charge < -0.3 is 14.8 Å². The van der Waals surface area contributed by atoms with Gasteiger partial charge >= 0.3 is 5.97 Å². The highest BCUT2D eigenvalue weighted by Crippen LogP contribution is 2.33. The van der Waals surface area contributed by atoms with Crippen LogP contribution in [0.5, 0.6) is 0 Å². The van der Waals surface area contributed by atoms with Gasteiger partial charge in [0, 0.05) is 17.0 Å². The van der Waals surface area contributed by atoms with Crippen LogP contribution in [0.2, 0.25) is 5.02 Å². The van der Waals surface area contributed by atoms with Crippen LogP contribution in [0.4, 0.5) is 11.4 Å². The van der Waals surface area contributed by atoms with E-state index in [1.54, 1.807) is 30.3 Å². The van der Waals surface area contributed by atoms with Gasteiger partial charge in [0.15, 0.2) is 5.03 Å². The molecule has 8 nitrogen and oxygen atoms in total. The lowest BCUT2D eigenvalue weighted by Crippen LogP contribution is -2.46. The zero-order valence-electron chi connectivity index (χ0n) is 18.9. The van der Waals surface area contributed by atoms with Gasteiger partial charge in [-0.15, -0.1) is 0 Å². The number of carbonyl (C=O) groups is 1. The van der Waals surface area contributed by atoms with Gasteiger partial charge in [-0.3, -0.25) is 5.32 Å². The van der Waals surface area contributed by atoms with E-state index in [1.165, 1.54) is 13.2 Å². The number of pyridine rings is 1. The highest BCUT2D eigenvalue weighted by atomic mass is 35.5. The smallest absolute Gasteiger partial charge is 0.339 e. The highest BCUT2D eigenvalue weighted by molar-refractivity contribution is 7.92. The Labute approximate surface area is 203 Å². The summed E-state index contributed by atoms with van der Waals surface area (Å²) in [5, 5.41) is 6.30. The Kier molecular flexibility index (Phi) is 7.37. The molecule has 1 aromatic heterocycles. The summed E-state index contributed by atoms with van der Waals surface area (Å²) in [5.74, 6) is -0.492. The van der Waals surface area contributed by atoms with Gasteiger partial charge in [-0.05, 0) is 48.4 Å². The fourth-order valence-electron chi connectivity index (χ4n) is 3.88. The van der Waals surface area contributed by atoms with Crippen LogP contribution in [0.15, 0.2) is 47.5 Å². The second-order valence-electron chi connectivity index (χ2n) is 7.98. The van der Waals surface area contributed by atoms with E-state index in [9.17, 15) is 13.2 Å². The van der Waals surface area contributed by atoms with Crippen molar-refractivity contribution in [2.45, 2.75) is 30.2 Å². The van der Waals surface area contributed by atoms with E-state index in [-0.39, 0.29) is 11.6 Å². The predicted octanol–water partition coefficient (Wildman–Crippen LogP) is 4.09. The average Bonchev–Trinajstić information content (AvgIpc) is 2.85. The minimum Gasteiger partial charge on any atom is -0.465 e. The van der Waals surface area contributed by atoms with E-state index in [0.717, 1.165) is 18.4 Å². The molecule has 0 bridgehead atoms. The van der Waals surface area contributed by atoms with Crippen molar-refractivity contribution in [2.75, 3.05) is 32.2 Å². The number of carbonyl (C=O) groups excluding carboxylic acids is 1. The maximum atomic E-state index is 13.3. The number of aromatic nitrogens is 1. The number of morpholine rings is 1. The van der Waals surface area contributed by atoms with Crippen LogP contribution in [-0.4, -0.2) is 51.6 Å². The van der Waals surface area contributed by atoms with Crippen LogP contribution in [0, 0.1) is 0 Å². The van der Waals surface area contributed by atoms with Gasteiger partial charge in [0.25, 0.3) is 0 Å². The SMILES string of the molecule is CCCc1ccc(Nc2cc(S(=O)(=O)C3COCCN3)nc3ccc(Cl)cc23)c(C(=O)OC)c1. The topological polar surface area (TPSA) is 107 Å². The number of aryl methyl sites for hydroxylation is 1. The molecule has 1 unspecified atom stereocenters. The van der Waals surface area contributed by atoms with Crippen molar-refractivity contribution in [3.05, 3.63) is 58.6 Å².